The maximum atomic E-state index is 13.2. The number of ketones is 1. The lowest BCUT2D eigenvalue weighted by atomic mass is 9.94. The summed E-state index contributed by atoms with van der Waals surface area (Å²) in [5, 5.41) is 0. The monoisotopic (exact) mass is 557 g/mol. The number of ether oxygens (including phenoxy) is 1. The van der Waals surface area contributed by atoms with Gasteiger partial charge in [-0.2, -0.15) is 0 Å². The van der Waals surface area contributed by atoms with Gasteiger partial charge in [-0.25, -0.2) is 13.1 Å². The van der Waals surface area contributed by atoms with E-state index in [1.54, 1.807) is 73.4 Å². The van der Waals surface area contributed by atoms with Crippen molar-refractivity contribution in [3.63, 3.8) is 0 Å². The summed E-state index contributed by atoms with van der Waals surface area (Å²) in [6, 6.07) is 15.6. The van der Waals surface area contributed by atoms with E-state index in [1.807, 2.05) is 12.1 Å². The number of Topliss-reactive ketones (excluding diaryl/α,β-unsaturated/α-hetero) is 1. The molecule has 1 aliphatic carbocycles. The summed E-state index contributed by atoms with van der Waals surface area (Å²) in [6.45, 7) is 1.70. The average Bonchev–Trinajstić information content (AvgIpc) is 3.48. The third kappa shape index (κ3) is 4.77. The molecular formula is C29H23N3O5S2. The van der Waals surface area contributed by atoms with Crippen LogP contribution in [0.4, 0.5) is 0 Å². The van der Waals surface area contributed by atoms with Gasteiger partial charge in [0.2, 0.25) is 10.0 Å². The van der Waals surface area contributed by atoms with E-state index in [9.17, 15) is 18.0 Å². The van der Waals surface area contributed by atoms with Crippen LogP contribution in [0.2, 0.25) is 0 Å². The van der Waals surface area contributed by atoms with Gasteiger partial charge in [0.15, 0.2) is 5.78 Å². The number of rotatable bonds is 6. The minimum Gasteiger partial charge on any atom is -0.488 e. The number of hydrogen-bond donors (Lipinski definition) is 1. The van der Waals surface area contributed by atoms with Crippen LogP contribution in [0.3, 0.4) is 0 Å². The number of benzene rings is 2. The van der Waals surface area contributed by atoms with Gasteiger partial charge < -0.3 is 4.74 Å². The van der Waals surface area contributed by atoms with Crippen molar-refractivity contribution < 1.29 is 22.7 Å². The van der Waals surface area contributed by atoms with E-state index in [0.717, 1.165) is 10.4 Å². The van der Waals surface area contributed by atoms with E-state index in [2.05, 4.69) is 14.7 Å². The van der Waals surface area contributed by atoms with E-state index < -0.39 is 20.7 Å². The van der Waals surface area contributed by atoms with Gasteiger partial charge in [-0.05, 0) is 67.3 Å². The predicted molar refractivity (Wildman–Crippen MR) is 149 cm³/mol. The van der Waals surface area contributed by atoms with Crippen molar-refractivity contribution >= 4 is 39.1 Å². The zero-order valence-electron chi connectivity index (χ0n) is 20.9. The minimum atomic E-state index is -3.78. The van der Waals surface area contributed by atoms with E-state index in [1.165, 1.54) is 11.3 Å². The lowest BCUT2D eigenvalue weighted by Crippen LogP contribution is -2.38. The summed E-state index contributed by atoms with van der Waals surface area (Å²) in [7, 11) is -3.78. The van der Waals surface area contributed by atoms with E-state index in [-0.39, 0.29) is 18.0 Å². The molecule has 1 fully saturated rings. The Morgan fingerprint density at radius 2 is 1.85 bits per heavy atom. The van der Waals surface area contributed by atoms with Crippen molar-refractivity contribution in [3.8, 4) is 27.3 Å². The maximum absolute atomic E-state index is 13.2. The summed E-state index contributed by atoms with van der Waals surface area (Å²) in [4.78, 5) is 35.8. The molecule has 196 valence electrons. The van der Waals surface area contributed by atoms with Crippen molar-refractivity contribution in [1.82, 2.24) is 14.7 Å². The molecule has 2 aromatic carbocycles. The van der Waals surface area contributed by atoms with Gasteiger partial charge >= 0.3 is 0 Å². The van der Waals surface area contributed by atoms with Crippen LogP contribution in [0.1, 0.15) is 46.2 Å². The van der Waals surface area contributed by atoms with Crippen molar-refractivity contribution in [2.45, 2.75) is 24.5 Å². The highest BCUT2D eigenvalue weighted by atomic mass is 32.2. The number of carbonyl (C=O) groups excluding carboxylic acids is 2. The highest BCUT2D eigenvalue weighted by Crippen LogP contribution is 2.42. The predicted octanol–water partition coefficient (Wildman–Crippen LogP) is 5.14. The smallest absolute Gasteiger partial charge is 0.265 e. The first-order valence-electron chi connectivity index (χ1n) is 12.3. The molecule has 0 unspecified atom stereocenters. The van der Waals surface area contributed by atoms with Gasteiger partial charge in [-0.15, -0.1) is 11.3 Å². The van der Waals surface area contributed by atoms with Crippen molar-refractivity contribution in [2.24, 2.45) is 0 Å². The number of nitrogens with zero attached hydrogens (tertiary/aromatic N) is 2. The third-order valence-electron chi connectivity index (χ3n) is 7.04. The Morgan fingerprint density at radius 3 is 2.56 bits per heavy atom. The normalized spacial score (nSPS) is 16.8. The third-order valence-corrected chi connectivity index (χ3v) is 10.0. The standard InChI is InChI=1S/C29H23N3O5S2/c1-29(10-11-29)39(35,36)32-28(34)23-5-3-2-4-22(23)18-7-9-24-25(13-18)37-16-20(27(24)33)12-21-8-6-19(14-31-21)26-15-30-17-38-26/h2-9,12-15,17H,10-11,16H2,1H3,(H,32,34)/b20-12+. The molecule has 2 aliphatic rings. The molecule has 6 rings (SSSR count). The first-order valence-corrected chi connectivity index (χ1v) is 14.6. The Kier molecular flexibility index (Phi) is 6.16. The summed E-state index contributed by atoms with van der Waals surface area (Å²) in [5.41, 5.74) is 5.64. The van der Waals surface area contributed by atoms with Crippen LogP contribution in [0.25, 0.3) is 27.6 Å². The van der Waals surface area contributed by atoms with Crippen LogP contribution >= 0.6 is 11.3 Å². The fourth-order valence-corrected chi connectivity index (χ4v) is 6.20. The van der Waals surface area contributed by atoms with Gasteiger partial charge in [0, 0.05) is 29.1 Å². The first-order chi connectivity index (χ1) is 18.7. The Labute approximate surface area is 229 Å². The Hall–Kier alpha value is -4.15. The molecular weight excluding hydrogens is 534 g/mol. The van der Waals surface area contributed by atoms with Crippen LogP contribution < -0.4 is 9.46 Å². The first kappa shape index (κ1) is 25.1. The Bertz CT molecular complexity index is 1740. The van der Waals surface area contributed by atoms with Crippen LogP contribution in [0.5, 0.6) is 5.75 Å². The van der Waals surface area contributed by atoms with E-state index >= 15 is 0 Å². The number of aromatic nitrogens is 2. The van der Waals surface area contributed by atoms with Gasteiger partial charge in [0.25, 0.3) is 5.91 Å². The lowest BCUT2D eigenvalue weighted by molar-refractivity contribution is 0.0978. The van der Waals surface area contributed by atoms with Gasteiger partial charge in [-0.1, -0.05) is 24.3 Å². The molecule has 39 heavy (non-hydrogen) atoms. The number of thiazole rings is 1. The SMILES string of the molecule is CC1(S(=O)(=O)NC(=O)c2ccccc2-c2ccc3c(c2)OC/C(=C\c2ccc(-c4cncs4)cn2)C3=O)CC1. The molecule has 1 N–H and O–H groups in total. The second-order valence-corrected chi connectivity index (χ2v) is 12.8. The Morgan fingerprint density at radius 1 is 1.05 bits per heavy atom. The fraction of sp³-hybridized carbons (Fsp3) is 0.172. The molecule has 0 radical (unpaired) electrons. The minimum absolute atomic E-state index is 0.0759. The van der Waals surface area contributed by atoms with Crippen LogP contribution in [0.15, 0.2) is 78.1 Å². The zero-order valence-corrected chi connectivity index (χ0v) is 22.5. The van der Waals surface area contributed by atoms with Crippen molar-refractivity contribution in [2.75, 3.05) is 6.61 Å². The van der Waals surface area contributed by atoms with Gasteiger partial charge in [-0.3, -0.25) is 19.6 Å². The molecule has 4 aromatic rings. The highest BCUT2D eigenvalue weighted by Gasteiger charge is 2.51. The van der Waals surface area contributed by atoms with E-state index in [4.69, 9.17) is 4.74 Å². The summed E-state index contributed by atoms with van der Waals surface area (Å²) in [5.74, 6) is -0.449. The zero-order chi connectivity index (χ0) is 27.2. The largest absolute Gasteiger partial charge is 0.488 e. The molecule has 3 heterocycles. The molecule has 1 amide bonds. The summed E-state index contributed by atoms with van der Waals surface area (Å²) >= 11 is 1.53. The summed E-state index contributed by atoms with van der Waals surface area (Å²) < 4.78 is 32.5. The number of amides is 1. The number of fused-ring (bicyclic) bond motifs is 1. The quantitative estimate of drug-likeness (QED) is 0.326. The second-order valence-electron chi connectivity index (χ2n) is 9.77. The molecule has 8 nitrogen and oxygen atoms in total. The lowest BCUT2D eigenvalue weighted by Gasteiger charge is -2.20. The molecule has 1 saturated carbocycles. The molecule has 10 heteroatoms. The van der Waals surface area contributed by atoms with Crippen LogP contribution in [-0.4, -0.2) is 41.4 Å². The molecule has 0 spiro atoms. The molecule has 0 bridgehead atoms. The van der Waals surface area contributed by atoms with Crippen molar-refractivity contribution in [1.29, 1.82) is 0 Å². The molecule has 0 saturated heterocycles. The van der Waals surface area contributed by atoms with Crippen LogP contribution in [0, 0.1) is 0 Å². The number of carbonyl (C=O) groups is 2. The number of nitrogens with one attached hydrogen (secondary N) is 1. The molecule has 1 aliphatic heterocycles. The summed E-state index contributed by atoms with van der Waals surface area (Å²) in [6.07, 6.45) is 6.30. The highest BCUT2D eigenvalue weighted by molar-refractivity contribution is 7.91. The van der Waals surface area contributed by atoms with Crippen LogP contribution in [-0.2, 0) is 10.0 Å². The molecule has 0 atom stereocenters. The number of sulfonamides is 1. The van der Waals surface area contributed by atoms with Gasteiger partial charge in [0.1, 0.15) is 12.4 Å². The molecule has 2 aromatic heterocycles. The number of pyridine rings is 1. The number of hydrogen-bond acceptors (Lipinski definition) is 8. The van der Waals surface area contributed by atoms with Gasteiger partial charge in [0.05, 0.1) is 26.4 Å². The average molecular weight is 558 g/mol. The van der Waals surface area contributed by atoms with Crippen molar-refractivity contribution in [3.05, 3.63) is 94.9 Å². The Balaban J connectivity index is 1.24. The fourth-order valence-electron chi connectivity index (χ4n) is 4.35. The second kappa shape index (κ2) is 9.55. The van der Waals surface area contributed by atoms with E-state index in [0.29, 0.717) is 46.5 Å². The maximum Gasteiger partial charge on any atom is 0.265 e. The topological polar surface area (TPSA) is 115 Å².